The summed E-state index contributed by atoms with van der Waals surface area (Å²) >= 11 is 1.34. The Labute approximate surface area is 128 Å². The summed E-state index contributed by atoms with van der Waals surface area (Å²) in [6, 6.07) is 10.1. The number of nitro groups is 1. The number of thioether (sulfide) groups is 1. The third-order valence-electron chi connectivity index (χ3n) is 2.95. The summed E-state index contributed by atoms with van der Waals surface area (Å²) in [4.78, 5) is 33.1. The molecule has 0 amide bonds. The predicted octanol–water partition coefficient (Wildman–Crippen LogP) is 2.52. The quantitative estimate of drug-likeness (QED) is 0.451. The van der Waals surface area contributed by atoms with Gasteiger partial charge in [-0.2, -0.15) is 0 Å². The van der Waals surface area contributed by atoms with Gasteiger partial charge >= 0.3 is 0 Å². The molecule has 0 aliphatic carbocycles. The van der Waals surface area contributed by atoms with E-state index in [2.05, 4.69) is 15.0 Å². The molecule has 2 heterocycles. The van der Waals surface area contributed by atoms with Crippen LogP contribution in [0.4, 0.5) is 5.69 Å². The summed E-state index contributed by atoms with van der Waals surface area (Å²) in [5.41, 5.74) is 0.401. The van der Waals surface area contributed by atoms with Gasteiger partial charge in [0.05, 0.1) is 26.6 Å². The van der Waals surface area contributed by atoms with Crippen molar-refractivity contribution in [3.05, 3.63) is 68.9 Å². The molecule has 3 rings (SSSR count). The summed E-state index contributed by atoms with van der Waals surface area (Å²) in [5, 5.41) is 11.7. The Morgan fingerprint density at radius 2 is 2.05 bits per heavy atom. The minimum atomic E-state index is -0.496. The van der Waals surface area contributed by atoms with Crippen molar-refractivity contribution in [3.63, 3.8) is 0 Å². The monoisotopic (exact) mass is 314 g/mol. The second kappa shape index (κ2) is 5.94. The molecule has 0 saturated heterocycles. The molecule has 1 aromatic carbocycles. The maximum Gasteiger partial charge on any atom is 0.287 e. The van der Waals surface area contributed by atoms with E-state index in [1.807, 2.05) is 6.07 Å². The molecule has 0 atom stereocenters. The van der Waals surface area contributed by atoms with E-state index in [4.69, 9.17) is 0 Å². The summed E-state index contributed by atoms with van der Waals surface area (Å²) in [6.07, 6.45) is 1.21. The molecule has 0 saturated carbocycles. The standard InChI is InChI=1S/C14H10N4O3S/c19-14-10-3-1-2-4-11(10)16-12(17-14)8-22-13-6-5-9(7-15-13)18(20)21/h1-7H,8H2,(H,16,17,19). The number of hydrogen-bond acceptors (Lipinski definition) is 6. The number of hydrogen-bond donors (Lipinski definition) is 1. The van der Waals surface area contributed by atoms with Crippen LogP contribution in [0.15, 0.2) is 52.4 Å². The van der Waals surface area contributed by atoms with Crippen molar-refractivity contribution in [1.29, 1.82) is 0 Å². The fourth-order valence-corrected chi connectivity index (χ4v) is 2.62. The zero-order chi connectivity index (χ0) is 15.5. The van der Waals surface area contributed by atoms with Crippen molar-refractivity contribution in [2.45, 2.75) is 10.8 Å². The van der Waals surface area contributed by atoms with Crippen LogP contribution in [0.1, 0.15) is 5.82 Å². The average Bonchev–Trinajstić information content (AvgIpc) is 2.53. The van der Waals surface area contributed by atoms with Gasteiger partial charge in [-0.15, -0.1) is 0 Å². The van der Waals surface area contributed by atoms with Gasteiger partial charge in [0, 0.05) is 6.07 Å². The Balaban J connectivity index is 1.79. The van der Waals surface area contributed by atoms with Crippen LogP contribution in [0.25, 0.3) is 10.9 Å². The zero-order valence-corrected chi connectivity index (χ0v) is 12.0. The fourth-order valence-electron chi connectivity index (χ4n) is 1.91. The Bertz CT molecular complexity index is 892. The van der Waals surface area contributed by atoms with Crippen LogP contribution in [0.3, 0.4) is 0 Å². The topological polar surface area (TPSA) is 102 Å². The van der Waals surface area contributed by atoms with Gasteiger partial charge in [0.25, 0.3) is 11.2 Å². The molecule has 3 aromatic rings. The molecule has 0 bridgehead atoms. The minimum absolute atomic E-state index is 0.0541. The van der Waals surface area contributed by atoms with Crippen molar-refractivity contribution in [2.24, 2.45) is 0 Å². The molecule has 22 heavy (non-hydrogen) atoms. The molecule has 0 fully saturated rings. The highest BCUT2D eigenvalue weighted by atomic mass is 32.2. The van der Waals surface area contributed by atoms with Crippen molar-refractivity contribution in [2.75, 3.05) is 0 Å². The lowest BCUT2D eigenvalue weighted by Crippen LogP contribution is -2.11. The van der Waals surface area contributed by atoms with Gasteiger partial charge < -0.3 is 4.98 Å². The number of nitrogens with one attached hydrogen (secondary N) is 1. The number of nitrogens with zero attached hydrogens (tertiary/aromatic N) is 3. The zero-order valence-electron chi connectivity index (χ0n) is 11.2. The number of pyridine rings is 1. The maximum atomic E-state index is 11.9. The van der Waals surface area contributed by atoms with E-state index in [0.717, 1.165) is 0 Å². The minimum Gasteiger partial charge on any atom is -0.309 e. The number of rotatable bonds is 4. The SMILES string of the molecule is O=c1[nH]c(CSc2ccc([N+](=O)[O-])cn2)nc2ccccc12. The molecule has 0 radical (unpaired) electrons. The lowest BCUT2D eigenvalue weighted by atomic mass is 10.2. The molecular weight excluding hydrogens is 304 g/mol. The molecule has 0 unspecified atom stereocenters. The highest BCUT2D eigenvalue weighted by molar-refractivity contribution is 7.98. The van der Waals surface area contributed by atoms with Crippen LogP contribution in [-0.4, -0.2) is 19.9 Å². The van der Waals surface area contributed by atoms with Crippen molar-refractivity contribution in [1.82, 2.24) is 15.0 Å². The van der Waals surface area contributed by atoms with Crippen LogP contribution in [0.5, 0.6) is 0 Å². The number of para-hydroxylation sites is 1. The number of aromatic nitrogens is 3. The van der Waals surface area contributed by atoms with E-state index in [9.17, 15) is 14.9 Å². The third-order valence-corrected chi connectivity index (χ3v) is 3.91. The van der Waals surface area contributed by atoms with Gasteiger partial charge in [0.2, 0.25) is 0 Å². The summed E-state index contributed by atoms with van der Waals surface area (Å²) in [5.74, 6) is 0.957. The van der Waals surface area contributed by atoms with Crippen LogP contribution in [0, 0.1) is 10.1 Å². The smallest absolute Gasteiger partial charge is 0.287 e. The number of aromatic amines is 1. The molecule has 0 aliphatic heterocycles. The second-order valence-electron chi connectivity index (χ2n) is 4.43. The van der Waals surface area contributed by atoms with Gasteiger partial charge in [-0.1, -0.05) is 23.9 Å². The molecule has 0 aliphatic rings. The first-order chi connectivity index (χ1) is 10.6. The Morgan fingerprint density at radius 1 is 1.23 bits per heavy atom. The van der Waals surface area contributed by atoms with Crippen molar-refractivity contribution < 1.29 is 4.92 Å². The van der Waals surface area contributed by atoms with Crippen molar-refractivity contribution >= 4 is 28.4 Å². The molecular formula is C14H10N4O3S. The van der Waals surface area contributed by atoms with E-state index < -0.39 is 4.92 Å². The van der Waals surface area contributed by atoms with E-state index in [1.165, 1.54) is 24.0 Å². The first-order valence-corrected chi connectivity index (χ1v) is 7.33. The van der Waals surface area contributed by atoms with Gasteiger partial charge in [-0.3, -0.25) is 14.9 Å². The van der Waals surface area contributed by atoms with E-state index >= 15 is 0 Å². The first-order valence-electron chi connectivity index (χ1n) is 6.34. The largest absolute Gasteiger partial charge is 0.309 e. The average molecular weight is 314 g/mol. The molecule has 7 nitrogen and oxygen atoms in total. The number of benzene rings is 1. The Morgan fingerprint density at radius 3 is 2.77 bits per heavy atom. The predicted molar refractivity (Wildman–Crippen MR) is 82.8 cm³/mol. The molecule has 110 valence electrons. The van der Waals surface area contributed by atoms with Crippen LogP contribution in [0.2, 0.25) is 0 Å². The first kappa shape index (κ1) is 14.2. The van der Waals surface area contributed by atoms with E-state index in [-0.39, 0.29) is 11.2 Å². The van der Waals surface area contributed by atoms with Gasteiger partial charge in [0.1, 0.15) is 12.0 Å². The normalized spacial score (nSPS) is 10.7. The molecule has 8 heteroatoms. The molecule has 1 N–H and O–H groups in total. The highest BCUT2D eigenvalue weighted by Gasteiger charge is 2.07. The number of fused-ring (bicyclic) bond motifs is 1. The lowest BCUT2D eigenvalue weighted by Gasteiger charge is -2.02. The third kappa shape index (κ3) is 2.96. The number of H-pyrrole nitrogens is 1. The summed E-state index contributed by atoms with van der Waals surface area (Å²) in [6.45, 7) is 0. The Kier molecular flexibility index (Phi) is 3.84. The Hall–Kier alpha value is -2.74. The lowest BCUT2D eigenvalue weighted by molar-refractivity contribution is -0.385. The molecule has 0 spiro atoms. The van der Waals surface area contributed by atoms with Crippen LogP contribution >= 0.6 is 11.8 Å². The van der Waals surface area contributed by atoms with Crippen molar-refractivity contribution in [3.8, 4) is 0 Å². The molecule has 2 aromatic heterocycles. The maximum absolute atomic E-state index is 11.9. The summed E-state index contributed by atoms with van der Waals surface area (Å²) < 4.78 is 0. The van der Waals surface area contributed by atoms with Gasteiger partial charge in [-0.05, 0) is 18.2 Å². The highest BCUT2D eigenvalue weighted by Crippen LogP contribution is 2.21. The van der Waals surface area contributed by atoms with Gasteiger partial charge in [0.15, 0.2) is 0 Å². The second-order valence-corrected chi connectivity index (χ2v) is 5.43. The van der Waals surface area contributed by atoms with Gasteiger partial charge in [-0.25, -0.2) is 9.97 Å². The fraction of sp³-hybridized carbons (Fsp3) is 0.0714. The van der Waals surface area contributed by atoms with Crippen LogP contribution in [-0.2, 0) is 5.75 Å². The summed E-state index contributed by atoms with van der Waals surface area (Å²) in [7, 11) is 0. The van der Waals surface area contributed by atoms with E-state index in [1.54, 1.807) is 24.3 Å². The van der Waals surface area contributed by atoms with Crippen LogP contribution < -0.4 is 5.56 Å². The van der Waals surface area contributed by atoms with E-state index in [0.29, 0.717) is 27.5 Å².